The second-order valence-corrected chi connectivity index (χ2v) is 3.66. The van der Waals surface area contributed by atoms with Gasteiger partial charge in [-0.2, -0.15) is 5.10 Å². The Bertz CT molecular complexity index is 364. The average Bonchev–Trinajstić information content (AvgIpc) is 2.78. The van der Waals surface area contributed by atoms with Crippen molar-refractivity contribution in [1.29, 1.82) is 0 Å². The van der Waals surface area contributed by atoms with Crippen LogP contribution in [0.3, 0.4) is 0 Å². The Hall–Kier alpha value is -1.92. The van der Waals surface area contributed by atoms with Crippen molar-refractivity contribution < 1.29 is 14.7 Å². The van der Waals surface area contributed by atoms with Gasteiger partial charge in [-0.05, 0) is 6.42 Å². The highest BCUT2D eigenvalue weighted by Gasteiger charge is 2.18. The third kappa shape index (κ3) is 4.62. The predicted molar refractivity (Wildman–Crippen MR) is 59.1 cm³/mol. The van der Waals surface area contributed by atoms with Crippen LogP contribution in [-0.2, 0) is 16.1 Å². The van der Waals surface area contributed by atoms with E-state index in [4.69, 9.17) is 5.11 Å². The molecule has 0 aliphatic carbocycles. The molecular weight excluding hydrogens is 224 g/mol. The maximum atomic E-state index is 11.5. The van der Waals surface area contributed by atoms with E-state index in [2.05, 4.69) is 15.4 Å². The number of carbonyl (C=O) groups is 2. The lowest BCUT2D eigenvalue weighted by molar-refractivity contribution is -0.142. The van der Waals surface area contributed by atoms with Crippen LogP contribution in [0.1, 0.15) is 26.2 Å². The SMILES string of the molecule is CCC[C@H](NC(=O)CCn1cncn1)C(=O)O. The first kappa shape index (κ1) is 13.1. The summed E-state index contributed by atoms with van der Waals surface area (Å²) in [6.07, 6.45) is 4.23. The summed E-state index contributed by atoms with van der Waals surface area (Å²) in [7, 11) is 0. The molecule has 0 radical (unpaired) electrons. The number of hydrogen-bond acceptors (Lipinski definition) is 4. The molecule has 0 unspecified atom stereocenters. The van der Waals surface area contributed by atoms with Gasteiger partial charge >= 0.3 is 5.97 Å². The number of hydrogen-bond donors (Lipinski definition) is 2. The van der Waals surface area contributed by atoms with Crippen molar-refractivity contribution in [2.45, 2.75) is 38.8 Å². The van der Waals surface area contributed by atoms with Crippen molar-refractivity contribution in [3.05, 3.63) is 12.7 Å². The van der Waals surface area contributed by atoms with E-state index in [0.29, 0.717) is 19.4 Å². The van der Waals surface area contributed by atoms with E-state index in [9.17, 15) is 9.59 Å². The lowest BCUT2D eigenvalue weighted by Crippen LogP contribution is -2.40. The van der Waals surface area contributed by atoms with Gasteiger partial charge in [0.05, 0.1) is 6.54 Å². The maximum absolute atomic E-state index is 11.5. The summed E-state index contributed by atoms with van der Waals surface area (Å²) in [5.74, 6) is -1.29. The van der Waals surface area contributed by atoms with E-state index in [1.54, 1.807) is 0 Å². The molecule has 2 N–H and O–H groups in total. The van der Waals surface area contributed by atoms with Crippen molar-refractivity contribution in [2.24, 2.45) is 0 Å². The molecule has 0 saturated heterocycles. The van der Waals surface area contributed by atoms with E-state index < -0.39 is 12.0 Å². The maximum Gasteiger partial charge on any atom is 0.326 e. The normalized spacial score (nSPS) is 12.1. The minimum Gasteiger partial charge on any atom is -0.480 e. The van der Waals surface area contributed by atoms with E-state index in [-0.39, 0.29) is 12.3 Å². The topological polar surface area (TPSA) is 97.1 Å². The van der Waals surface area contributed by atoms with Crippen molar-refractivity contribution in [2.75, 3.05) is 0 Å². The third-order valence-corrected chi connectivity index (χ3v) is 2.25. The first-order chi connectivity index (χ1) is 8.13. The lowest BCUT2D eigenvalue weighted by Gasteiger charge is -2.13. The summed E-state index contributed by atoms with van der Waals surface area (Å²) >= 11 is 0. The molecular formula is C10H16N4O3. The van der Waals surface area contributed by atoms with Gasteiger partial charge < -0.3 is 10.4 Å². The molecule has 0 aliphatic heterocycles. The molecule has 7 heteroatoms. The zero-order valence-electron chi connectivity index (χ0n) is 9.67. The molecule has 0 spiro atoms. The molecule has 1 aromatic rings. The molecule has 1 atom stereocenters. The molecule has 1 rings (SSSR count). The summed E-state index contributed by atoms with van der Waals surface area (Å²) in [5, 5.41) is 15.2. The van der Waals surface area contributed by atoms with E-state index in [0.717, 1.165) is 0 Å². The summed E-state index contributed by atoms with van der Waals surface area (Å²) < 4.78 is 1.52. The van der Waals surface area contributed by atoms with Crippen LogP contribution in [0.15, 0.2) is 12.7 Å². The fourth-order valence-electron chi connectivity index (χ4n) is 1.38. The van der Waals surface area contributed by atoms with Gasteiger partial charge in [-0.1, -0.05) is 13.3 Å². The highest BCUT2D eigenvalue weighted by molar-refractivity contribution is 5.83. The van der Waals surface area contributed by atoms with Crippen LogP contribution in [0.25, 0.3) is 0 Å². The minimum atomic E-state index is -0.999. The zero-order valence-corrected chi connectivity index (χ0v) is 9.67. The van der Waals surface area contributed by atoms with Crippen molar-refractivity contribution >= 4 is 11.9 Å². The molecule has 0 aromatic carbocycles. The molecule has 94 valence electrons. The van der Waals surface area contributed by atoms with Gasteiger partial charge in [0, 0.05) is 6.42 Å². The summed E-state index contributed by atoms with van der Waals surface area (Å²) in [6, 6.07) is -0.803. The first-order valence-corrected chi connectivity index (χ1v) is 5.48. The smallest absolute Gasteiger partial charge is 0.326 e. The Morgan fingerprint density at radius 1 is 1.53 bits per heavy atom. The van der Waals surface area contributed by atoms with Crippen LogP contribution < -0.4 is 5.32 Å². The van der Waals surface area contributed by atoms with Crippen molar-refractivity contribution in [3.63, 3.8) is 0 Å². The Labute approximate surface area is 98.8 Å². The zero-order chi connectivity index (χ0) is 12.7. The van der Waals surface area contributed by atoms with Crippen LogP contribution in [0.4, 0.5) is 0 Å². The van der Waals surface area contributed by atoms with Crippen molar-refractivity contribution in [1.82, 2.24) is 20.1 Å². The van der Waals surface area contributed by atoms with Gasteiger partial charge in [-0.25, -0.2) is 9.78 Å². The van der Waals surface area contributed by atoms with Gasteiger partial charge in [0.15, 0.2) is 0 Å². The molecule has 1 amide bonds. The van der Waals surface area contributed by atoms with Crippen LogP contribution in [0.2, 0.25) is 0 Å². The Morgan fingerprint density at radius 2 is 2.29 bits per heavy atom. The standard InChI is InChI=1S/C10H16N4O3/c1-2-3-8(10(16)17)13-9(15)4-5-14-7-11-6-12-14/h6-8H,2-5H2,1H3,(H,13,15)(H,16,17)/t8-/m0/s1. The number of carboxylic acids is 1. The second kappa shape index (κ2) is 6.62. The Kier molecular flexibility index (Phi) is 5.12. The number of aliphatic carboxylic acids is 1. The summed E-state index contributed by atoms with van der Waals surface area (Å²) in [4.78, 5) is 26.1. The largest absolute Gasteiger partial charge is 0.480 e. The molecule has 1 aromatic heterocycles. The van der Waals surface area contributed by atoms with Crippen LogP contribution in [0.5, 0.6) is 0 Å². The van der Waals surface area contributed by atoms with E-state index in [1.165, 1.54) is 17.3 Å². The second-order valence-electron chi connectivity index (χ2n) is 3.66. The van der Waals surface area contributed by atoms with Crippen molar-refractivity contribution in [3.8, 4) is 0 Å². The number of nitrogens with one attached hydrogen (secondary N) is 1. The Balaban J connectivity index is 2.34. The fourth-order valence-corrected chi connectivity index (χ4v) is 1.38. The van der Waals surface area contributed by atoms with Gasteiger partial charge in [0.1, 0.15) is 18.7 Å². The van der Waals surface area contributed by atoms with E-state index in [1.807, 2.05) is 6.92 Å². The van der Waals surface area contributed by atoms with Crippen LogP contribution in [-0.4, -0.2) is 37.8 Å². The number of rotatable bonds is 7. The van der Waals surface area contributed by atoms with E-state index >= 15 is 0 Å². The number of amides is 1. The predicted octanol–water partition coefficient (Wildman–Crippen LogP) is 0.0377. The molecule has 17 heavy (non-hydrogen) atoms. The molecule has 0 fully saturated rings. The lowest BCUT2D eigenvalue weighted by atomic mass is 10.1. The first-order valence-electron chi connectivity index (χ1n) is 5.48. The fraction of sp³-hybridized carbons (Fsp3) is 0.600. The summed E-state index contributed by atoms with van der Waals surface area (Å²) in [6.45, 7) is 2.27. The number of carboxylic acid groups (broad SMARTS) is 1. The molecule has 7 nitrogen and oxygen atoms in total. The van der Waals surface area contributed by atoms with Crippen LogP contribution in [0, 0.1) is 0 Å². The van der Waals surface area contributed by atoms with Gasteiger partial charge in [-0.15, -0.1) is 0 Å². The quantitative estimate of drug-likeness (QED) is 0.701. The molecule has 0 bridgehead atoms. The third-order valence-electron chi connectivity index (χ3n) is 2.25. The van der Waals surface area contributed by atoms with Gasteiger partial charge in [0.2, 0.25) is 5.91 Å². The number of carbonyl (C=O) groups excluding carboxylic acids is 1. The van der Waals surface area contributed by atoms with Gasteiger partial charge in [-0.3, -0.25) is 9.48 Å². The molecule has 1 heterocycles. The number of aromatic nitrogens is 3. The van der Waals surface area contributed by atoms with Crippen LogP contribution >= 0.6 is 0 Å². The monoisotopic (exact) mass is 240 g/mol. The average molecular weight is 240 g/mol. The highest BCUT2D eigenvalue weighted by atomic mass is 16.4. The highest BCUT2D eigenvalue weighted by Crippen LogP contribution is 1.98. The summed E-state index contributed by atoms with van der Waals surface area (Å²) in [5.41, 5.74) is 0. The molecule has 0 aliphatic rings. The Morgan fingerprint density at radius 3 is 2.82 bits per heavy atom. The molecule has 0 saturated carbocycles. The van der Waals surface area contributed by atoms with Gasteiger partial charge in [0.25, 0.3) is 0 Å². The number of nitrogens with zero attached hydrogens (tertiary/aromatic N) is 3. The number of aryl methyl sites for hydroxylation is 1. The minimum absolute atomic E-state index is 0.191.